The van der Waals surface area contributed by atoms with E-state index in [-0.39, 0.29) is 5.91 Å². The molecule has 71 valence electrons. The van der Waals surface area contributed by atoms with Crippen LogP contribution in [-0.4, -0.2) is 5.91 Å². The number of carbonyl (C=O) groups is 1. The maximum absolute atomic E-state index is 10.7. The molecule has 0 unspecified atom stereocenters. The lowest BCUT2D eigenvalue weighted by Gasteiger charge is -1.99. The van der Waals surface area contributed by atoms with Crippen LogP contribution in [-0.2, 0) is 4.79 Å². The van der Waals surface area contributed by atoms with Crippen molar-refractivity contribution in [3.8, 4) is 0 Å². The van der Waals surface area contributed by atoms with Gasteiger partial charge in [-0.25, -0.2) is 5.84 Å². The van der Waals surface area contributed by atoms with Crippen LogP contribution >= 0.6 is 0 Å². The summed E-state index contributed by atoms with van der Waals surface area (Å²) in [6.45, 7) is 3.76. The molecule has 0 fully saturated rings. The monoisotopic (exact) mass is 171 g/mol. The van der Waals surface area contributed by atoms with Gasteiger partial charge in [-0.05, 0) is 6.42 Å². The number of hydrazine groups is 1. The van der Waals surface area contributed by atoms with E-state index in [9.17, 15) is 4.79 Å². The zero-order chi connectivity index (χ0) is 9.23. The third kappa shape index (κ3) is 7.54. The van der Waals surface area contributed by atoms with Crippen molar-refractivity contribution in [1.82, 2.24) is 5.43 Å². The Morgan fingerprint density at radius 2 is 1.75 bits per heavy atom. The molecule has 0 rings (SSSR count). The molecule has 12 heavy (non-hydrogen) atoms. The summed E-state index contributed by atoms with van der Waals surface area (Å²) in [5.41, 5.74) is 2.12. The fourth-order valence-corrected chi connectivity index (χ4v) is 1.06. The lowest BCUT2D eigenvalue weighted by Crippen LogP contribution is -2.29. The lowest BCUT2D eigenvalue weighted by atomic mass is 10.1. The van der Waals surface area contributed by atoms with Crippen molar-refractivity contribution >= 4 is 5.91 Å². The molecule has 0 saturated heterocycles. The molecule has 3 N–H and O–H groups in total. The zero-order valence-corrected chi connectivity index (χ0v) is 7.64. The predicted molar refractivity (Wildman–Crippen MR) is 50.0 cm³/mol. The smallest absolute Gasteiger partial charge is 0.233 e. The standard InChI is InChI=1S/C9H19N2O/c1-2-3-4-5-6-7-8-9(12)11-10/h1-8,10H2,(H,11,12). The SMILES string of the molecule is [CH2]CCCCCCCC(=O)NN. The summed E-state index contributed by atoms with van der Waals surface area (Å²) >= 11 is 0. The first-order valence-corrected chi connectivity index (χ1v) is 4.60. The molecule has 0 aliphatic carbocycles. The number of amides is 1. The minimum atomic E-state index is -0.0628. The molecule has 0 heterocycles. The zero-order valence-electron chi connectivity index (χ0n) is 7.64. The van der Waals surface area contributed by atoms with Crippen LogP contribution in [0.25, 0.3) is 0 Å². The highest BCUT2D eigenvalue weighted by Gasteiger charge is 1.96. The van der Waals surface area contributed by atoms with Crippen LogP contribution in [0, 0.1) is 6.92 Å². The molecule has 0 aliphatic rings. The number of unbranched alkanes of at least 4 members (excludes halogenated alkanes) is 5. The van der Waals surface area contributed by atoms with Gasteiger partial charge in [0.15, 0.2) is 0 Å². The van der Waals surface area contributed by atoms with Crippen LogP contribution in [0.3, 0.4) is 0 Å². The molecule has 0 bridgehead atoms. The first-order valence-electron chi connectivity index (χ1n) is 4.60. The highest BCUT2D eigenvalue weighted by atomic mass is 16.2. The lowest BCUT2D eigenvalue weighted by molar-refractivity contribution is -0.121. The Labute approximate surface area is 74.7 Å². The van der Waals surface area contributed by atoms with Gasteiger partial charge < -0.3 is 0 Å². The fourth-order valence-electron chi connectivity index (χ4n) is 1.06. The molecule has 3 heteroatoms. The predicted octanol–water partition coefficient (Wildman–Crippen LogP) is 1.54. The molecule has 0 saturated carbocycles. The summed E-state index contributed by atoms with van der Waals surface area (Å²) in [6.07, 6.45) is 7.27. The Balaban J connectivity index is 2.95. The van der Waals surface area contributed by atoms with Gasteiger partial charge in [0.05, 0.1) is 0 Å². The number of carbonyl (C=O) groups excluding carboxylic acids is 1. The number of rotatable bonds is 7. The second-order valence-corrected chi connectivity index (χ2v) is 2.94. The van der Waals surface area contributed by atoms with Crippen LogP contribution < -0.4 is 11.3 Å². The number of hydrogen-bond donors (Lipinski definition) is 2. The van der Waals surface area contributed by atoms with Crippen molar-refractivity contribution in [1.29, 1.82) is 0 Å². The molecule has 0 aromatic carbocycles. The minimum Gasteiger partial charge on any atom is -0.294 e. The van der Waals surface area contributed by atoms with Gasteiger partial charge in [0.25, 0.3) is 0 Å². The summed E-state index contributed by atoms with van der Waals surface area (Å²) in [5, 5.41) is 0. The van der Waals surface area contributed by atoms with Gasteiger partial charge >= 0.3 is 0 Å². The number of hydrogen-bond acceptors (Lipinski definition) is 2. The first-order chi connectivity index (χ1) is 5.81. The summed E-state index contributed by atoms with van der Waals surface area (Å²) in [7, 11) is 0. The van der Waals surface area contributed by atoms with Crippen molar-refractivity contribution in [2.75, 3.05) is 0 Å². The Morgan fingerprint density at radius 1 is 1.17 bits per heavy atom. The Morgan fingerprint density at radius 3 is 2.33 bits per heavy atom. The fraction of sp³-hybridized carbons (Fsp3) is 0.778. The Bertz CT molecular complexity index is 115. The maximum atomic E-state index is 10.7. The van der Waals surface area contributed by atoms with Crippen LogP contribution in [0.4, 0.5) is 0 Å². The van der Waals surface area contributed by atoms with E-state index in [0.29, 0.717) is 6.42 Å². The third-order valence-electron chi connectivity index (χ3n) is 1.81. The second-order valence-electron chi connectivity index (χ2n) is 2.94. The molecule has 1 amide bonds. The molecular formula is C9H19N2O. The highest BCUT2D eigenvalue weighted by molar-refractivity contribution is 5.74. The van der Waals surface area contributed by atoms with E-state index in [1.807, 2.05) is 0 Å². The van der Waals surface area contributed by atoms with Crippen molar-refractivity contribution in [2.24, 2.45) is 5.84 Å². The van der Waals surface area contributed by atoms with Crippen molar-refractivity contribution < 1.29 is 4.79 Å². The Hall–Kier alpha value is -0.570. The van der Waals surface area contributed by atoms with Crippen LogP contribution in [0.1, 0.15) is 44.9 Å². The van der Waals surface area contributed by atoms with Gasteiger partial charge in [-0.15, -0.1) is 0 Å². The number of nitrogens with one attached hydrogen (secondary N) is 1. The molecule has 0 aromatic rings. The summed E-state index contributed by atoms with van der Waals surface area (Å²) in [4.78, 5) is 10.7. The summed E-state index contributed by atoms with van der Waals surface area (Å²) < 4.78 is 0. The largest absolute Gasteiger partial charge is 0.294 e. The van der Waals surface area contributed by atoms with Gasteiger partial charge in [-0.1, -0.05) is 39.0 Å². The Kier molecular flexibility index (Phi) is 8.12. The molecule has 0 spiro atoms. The van der Waals surface area contributed by atoms with Crippen LogP contribution in [0.5, 0.6) is 0 Å². The van der Waals surface area contributed by atoms with Crippen LogP contribution in [0.2, 0.25) is 0 Å². The van der Waals surface area contributed by atoms with E-state index in [4.69, 9.17) is 5.84 Å². The molecule has 3 nitrogen and oxygen atoms in total. The third-order valence-corrected chi connectivity index (χ3v) is 1.81. The van der Waals surface area contributed by atoms with E-state index in [1.54, 1.807) is 0 Å². The van der Waals surface area contributed by atoms with E-state index in [1.165, 1.54) is 19.3 Å². The average molecular weight is 171 g/mol. The highest BCUT2D eigenvalue weighted by Crippen LogP contribution is 2.06. The van der Waals surface area contributed by atoms with E-state index in [2.05, 4.69) is 12.3 Å². The van der Waals surface area contributed by atoms with Gasteiger partial charge in [-0.3, -0.25) is 10.2 Å². The van der Waals surface area contributed by atoms with Crippen LogP contribution in [0.15, 0.2) is 0 Å². The summed E-state index contributed by atoms with van der Waals surface area (Å²) in [5.74, 6) is 4.86. The van der Waals surface area contributed by atoms with E-state index >= 15 is 0 Å². The number of nitrogens with two attached hydrogens (primary N) is 1. The topological polar surface area (TPSA) is 55.1 Å². The van der Waals surface area contributed by atoms with Gasteiger partial charge in [0, 0.05) is 6.42 Å². The molecule has 1 radical (unpaired) electrons. The molecule has 0 atom stereocenters. The van der Waals surface area contributed by atoms with E-state index in [0.717, 1.165) is 19.3 Å². The van der Waals surface area contributed by atoms with Gasteiger partial charge in [0.1, 0.15) is 0 Å². The molecule has 0 aromatic heterocycles. The maximum Gasteiger partial charge on any atom is 0.233 e. The van der Waals surface area contributed by atoms with E-state index < -0.39 is 0 Å². The van der Waals surface area contributed by atoms with Crippen molar-refractivity contribution in [3.63, 3.8) is 0 Å². The van der Waals surface area contributed by atoms with Crippen molar-refractivity contribution in [2.45, 2.75) is 44.9 Å². The van der Waals surface area contributed by atoms with Gasteiger partial charge in [0.2, 0.25) is 5.91 Å². The van der Waals surface area contributed by atoms with Crippen molar-refractivity contribution in [3.05, 3.63) is 6.92 Å². The quantitative estimate of drug-likeness (QED) is 0.264. The molecule has 0 aliphatic heterocycles. The second kappa shape index (κ2) is 8.53. The minimum absolute atomic E-state index is 0.0628. The first kappa shape index (κ1) is 11.4. The summed E-state index contributed by atoms with van der Waals surface area (Å²) in [6, 6.07) is 0. The average Bonchev–Trinajstić information content (AvgIpc) is 2.10. The normalized spacial score (nSPS) is 9.83. The van der Waals surface area contributed by atoms with Gasteiger partial charge in [-0.2, -0.15) is 0 Å². The molecular weight excluding hydrogens is 152 g/mol.